The lowest BCUT2D eigenvalue weighted by molar-refractivity contribution is -0.140. The van der Waals surface area contributed by atoms with E-state index >= 15 is 0 Å². The quantitative estimate of drug-likeness (QED) is 0.793. The van der Waals surface area contributed by atoms with Gasteiger partial charge in [-0.1, -0.05) is 36.2 Å². The number of likely N-dealkylation sites (tertiary alicyclic amines) is 1. The molecule has 1 heterocycles. The number of benzene rings is 1. The molecule has 0 bridgehead atoms. The topological polar surface area (TPSA) is 40.6 Å². The van der Waals surface area contributed by atoms with Crippen LogP contribution in [0.5, 0.6) is 0 Å². The first kappa shape index (κ1) is 19.1. The molecule has 0 saturated carbocycles. The molecule has 0 aliphatic carbocycles. The average molecular weight is 371 g/mol. The van der Waals surface area contributed by atoms with Gasteiger partial charge >= 0.3 is 0 Å². The van der Waals surface area contributed by atoms with Crippen LogP contribution in [0.15, 0.2) is 18.2 Å². The lowest BCUT2D eigenvalue weighted by atomic mass is 9.99. The summed E-state index contributed by atoms with van der Waals surface area (Å²) < 4.78 is 0. The summed E-state index contributed by atoms with van der Waals surface area (Å²) in [6.45, 7) is 5.87. The second-order valence-corrected chi connectivity index (χ2v) is 7.33. The SMILES string of the molecule is CC(=O)N(CCc1ccc(Cl)cc1Cl)CC(=O)N1CCC(C)CC1. The highest BCUT2D eigenvalue weighted by atomic mass is 35.5. The molecular weight excluding hydrogens is 347 g/mol. The van der Waals surface area contributed by atoms with Crippen LogP contribution in [0.1, 0.15) is 32.3 Å². The van der Waals surface area contributed by atoms with Crippen LogP contribution in [0.4, 0.5) is 0 Å². The largest absolute Gasteiger partial charge is 0.341 e. The number of halogens is 2. The van der Waals surface area contributed by atoms with Crippen LogP contribution in [-0.4, -0.2) is 47.8 Å². The van der Waals surface area contributed by atoms with Crippen molar-refractivity contribution in [1.82, 2.24) is 9.80 Å². The van der Waals surface area contributed by atoms with Gasteiger partial charge in [0.25, 0.3) is 0 Å². The number of hydrogen-bond donors (Lipinski definition) is 0. The number of carbonyl (C=O) groups excluding carboxylic acids is 2. The molecule has 0 unspecified atom stereocenters. The summed E-state index contributed by atoms with van der Waals surface area (Å²) >= 11 is 12.1. The van der Waals surface area contributed by atoms with Crippen LogP contribution in [0.2, 0.25) is 10.0 Å². The Labute approximate surface area is 153 Å². The summed E-state index contributed by atoms with van der Waals surface area (Å²) in [6.07, 6.45) is 2.66. The lowest BCUT2D eigenvalue weighted by Crippen LogP contribution is -2.45. The minimum Gasteiger partial charge on any atom is -0.341 e. The van der Waals surface area contributed by atoms with Crippen LogP contribution in [-0.2, 0) is 16.0 Å². The van der Waals surface area contributed by atoms with Crippen molar-refractivity contribution in [3.05, 3.63) is 33.8 Å². The van der Waals surface area contributed by atoms with E-state index < -0.39 is 0 Å². The predicted octanol–water partition coefficient (Wildman–Crippen LogP) is 3.64. The summed E-state index contributed by atoms with van der Waals surface area (Å²) in [5.41, 5.74) is 0.923. The summed E-state index contributed by atoms with van der Waals surface area (Å²) in [5.74, 6) is 0.600. The number of nitrogens with zero attached hydrogens (tertiary/aromatic N) is 2. The molecule has 1 aliphatic rings. The monoisotopic (exact) mass is 370 g/mol. The van der Waals surface area contributed by atoms with Gasteiger partial charge < -0.3 is 9.80 Å². The Morgan fingerprint density at radius 1 is 1.25 bits per heavy atom. The van der Waals surface area contributed by atoms with Crippen molar-refractivity contribution in [2.75, 3.05) is 26.2 Å². The highest BCUT2D eigenvalue weighted by Gasteiger charge is 2.23. The van der Waals surface area contributed by atoms with E-state index in [4.69, 9.17) is 23.2 Å². The van der Waals surface area contributed by atoms with Gasteiger partial charge in [0.1, 0.15) is 0 Å². The first-order valence-corrected chi connectivity index (χ1v) is 9.09. The van der Waals surface area contributed by atoms with Gasteiger partial charge in [-0.2, -0.15) is 0 Å². The molecule has 6 heteroatoms. The standard InChI is InChI=1S/C18H24Cl2N2O2/c1-13-5-8-21(9-6-13)18(24)12-22(14(2)23)10-7-15-3-4-16(19)11-17(15)20/h3-4,11,13H,5-10,12H2,1-2H3. The molecule has 1 aromatic rings. The number of piperidine rings is 1. The molecule has 4 nitrogen and oxygen atoms in total. The van der Waals surface area contributed by atoms with Crippen molar-refractivity contribution in [1.29, 1.82) is 0 Å². The third kappa shape index (κ3) is 5.38. The Hall–Kier alpha value is -1.26. The molecule has 2 amide bonds. The fraction of sp³-hybridized carbons (Fsp3) is 0.556. The van der Waals surface area contributed by atoms with Crippen molar-refractivity contribution in [2.24, 2.45) is 5.92 Å². The molecule has 1 aromatic carbocycles. The third-order valence-corrected chi connectivity index (χ3v) is 5.16. The van der Waals surface area contributed by atoms with E-state index in [1.165, 1.54) is 6.92 Å². The molecular formula is C18H24Cl2N2O2. The fourth-order valence-electron chi connectivity index (χ4n) is 2.85. The molecule has 24 heavy (non-hydrogen) atoms. The zero-order valence-electron chi connectivity index (χ0n) is 14.2. The van der Waals surface area contributed by atoms with Gasteiger partial charge in [-0.15, -0.1) is 0 Å². The van der Waals surface area contributed by atoms with Crippen molar-refractivity contribution >= 4 is 35.0 Å². The van der Waals surface area contributed by atoms with E-state index in [9.17, 15) is 9.59 Å². The zero-order valence-corrected chi connectivity index (χ0v) is 15.7. The third-order valence-electron chi connectivity index (χ3n) is 4.57. The molecule has 132 valence electrons. The van der Waals surface area contributed by atoms with Crippen molar-refractivity contribution in [2.45, 2.75) is 33.1 Å². The van der Waals surface area contributed by atoms with Gasteiger partial charge in [0.15, 0.2) is 0 Å². The maximum Gasteiger partial charge on any atom is 0.242 e. The predicted molar refractivity (Wildman–Crippen MR) is 97.4 cm³/mol. The second kappa shape index (κ2) is 8.72. The number of hydrogen-bond acceptors (Lipinski definition) is 2. The fourth-order valence-corrected chi connectivity index (χ4v) is 3.35. The smallest absolute Gasteiger partial charge is 0.242 e. The first-order chi connectivity index (χ1) is 11.4. The Balaban J connectivity index is 1.92. The Kier molecular flexibility index (Phi) is 6.93. The Morgan fingerprint density at radius 3 is 2.50 bits per heavy atom. The van der Waals surface area contributed by atoms with E-state index in [2.05, 4.69) is 6.92 Å². The summed E-state index contributed by atoms with van der Waals surface area (Å²) in [4.78, 5) is 27.8. The van der Waals surface area contributed by atoms with Gasteiger partial charge in [-0.05, 0) is 42.9 Å². The Morgan fingerprint density at radius 2 is 1.92 bits per heavy atom. The lowest BCUT2D eigenvalue weighted by Gasteiger charge is -2.32. The van der Waals surface area contributed by atoms with Gasteiger partial charge in [0.2, 0.25) is 11.8 Å². The minimum absolute atomic E-state index is 0.0271. The number of carbonyl (C=O) groups is 2. The average Bonchev–Trinajstić information content (AvgIpc) is 2.53. The molecule has 1 aliphatic heterocycles. The molecule has 0 radical (unpaired) electrons. The van der Waals surface area contributed by atoms with E-state index in [0.29, 0.717) is 28.9 Å². The van der Waals surface area contributed by atoms with E-state index in [0.717, 1.165) is 31.5 Å². The van der Waals surface area contributed by atoms with Crippen LogP contribution < -0.4 is 0 Å². The van der Waals surface area contributed by atoms with Crippen LogP contribution in [0.25, 0.3) is 0 Å². The van der Waals surface area contributed by atoms with Crippen LogP contribution in [0, 0.1) is 5.92 Å². The highest BCUT2D eigenvalue weighted by molar-refractivity contribution is 6.35. The number of amides is 2. The zero-order chi connectivity index (χ0) is 17.7. The highest BCUT2D eigenvalue weighted by Crippen LogP contribution is 2.21. The van der Waals surface area contributed by atoms with Gasteiger partial charge in [0, 0.05) is 36.6 Å². The minimum atomic E-state index is -0.0983. The molecule has 1 saturated heterocycles. The van der Waals surface area contributed by atoms with Crippen molar-refractivity contribution in [3.8, 4) is 0 Å². The normalized spacial score (nSPS) is 15.4. The maximum absolute atomic E-state index is 12.4. The Bertz CT molecular complexity index is 599. The van der Waals surface area contributed by atoms with Gasteiger partial charge in [-0.25, -0.2) is 0 Å². The van der Waals surface area contributed by atoms with E-state index in [1.807, 2.05) is 11.0 Å². The van der Waals surface area contributed by atoms with Crippen LogP contribution in [0.3, 0.4) is 0 Å². The molecule has 2 rings (SSSR count). The van der Waals surface area contributed by atoms with Gasteiger partial charge in [0.05, 0.1) is 6.54 Å². The molecule has 0 spiro atoms. The summed E-state index contributed by atoms with van der Waals surface area (Å²) in [6, 6.07) is 5.33. The molecule has 0 N–H and O–H groups in total. The molecule has 0 atom stereocenters. The van der Waals surface area contributed by atoms with Crippen molar-refractivity contribution < 1.29 is 9.59 Å². The summed E-state index contributed by atoms with van der Waals surface area (Å²) in [7, 11) is 0. The first-order valence-electron chi connectivity index (χ1n) is 8.34. The van der Waals surface area contributed by atoms with E-state index in [-0.39, 0.29) is 18.4 Å². The second-order valence-electron chi connectivity index (χ2n) is 6.49. The van der Waals surface area contributed by atoms with Gasteiger partial charge in [-0.3, -0.25) is 9.59 Å². The molecule has 0 aromatic heterocycles. The van der Waals surface area contributed by atoms with Crippen LogP contribution >= 0.6 is 23.2 Å². The van der Waals surface area contributed by atoms with Crippen molar-refractivity contribution in [3.63, 3.8) is 0 Å². The number of rotatable bonds is 5. The van der Waals surface area contributed by atoms with E-state index in [1.54, 1.807) is 17.0 Å². The molecule has 1 fully saturated rings. The summed E-state index contributed by atoms with van der Waals surface area (Å²) in [5, 5.41) is 1.17. The maximum atomic E-state index is 12.4.